The molecule has 7 heteroatoms. The standard InChI is InChI=1S/C21H30ClN5O/c1-21(28)8-3-15(4-9-21)24-19-13-20(22)23-14-17(19)18-7-12-27(25-18)16-5-10-26(2)11-6-16/h7,12-16,28H,3-6,8-11H2,1-2H3,(H,23,24). The van der Waals surface area contributed by atoms with Crippen molar-refractivity contribution in [3.63, 3.8) is 0 Å². The second-order valence-corrected chi connectivity index (χ2v) is 9.07. The van der Waals surface area contributed by atoms with E-state index in [1.807, 2.05) is 19.2 Å². The average molecular weight is 404 g/mol. The Morgan fingerprint density at radius 3 is 2.64 bits per heavy atom. The highest BCUT2D eigenvalue weighted by Gasteiger charge is 2.29. The topological polar surface area (TPSA) is 66.2 Å². The van der Waals surface area contributed by atoms with Crippen LogP contribution < -0.4 is 5.32 Å². The lowest BCUT2D eigenvalue weighted by Crippen LogP contribution is -2.35. The maximum absolute atomic E-state index is 10.2. The van der Waals surface area contributed by atoms with Gasteiger partial charge in [0.1, 0.15) is 5.15 Å². The average Bonchev–Trinajstić information content (AvgIpc) is 3.14. The van der Waals surface area contributed by atoms with Gasteiger partial charge in [-0.3, -0.25) is 4.68 Å². The summed E-state index contributed by atoms with van der Waals surface area (Å²) in [6.45, 7) is 4.15. The number of likely N-dealkylation sites (tertiary alicyclic amines) is 1. The summed E-state index contributed by atoms with van der Waals surface area (Å²) in [5.74, 6) is 0. The van der Waals surface area contributed by atoms with E-state index in [4.69, 9.17) is 16.7 Å². The van der Waals surface area contributed by atoms with E-state index in [1.54, 1.807) is 0 Å². The first-order valence-corrected chi connectivity index (χ1v) is 10.7. The Morgan fingerprint density at radius 1 is 1.21 bits per heavy atom. The summed E-state index contributed by atoms with van der Waals surface area (Å²) >= 11 is 6.19. The zero-order valence-electron chi connectivity index (χ0n) is 16.7. The van der Waals surface area contributed by atoms with E-state index in [-0.39, 0.29) is 0 Å². The van der Waals surface area contributed by atoms with Gasteiger partial charge < -0.3 is 15.3 Å². The van der Waals surface area contributed by atoms with Gasteiger partial charge in [0.25, 0.3) is 0 Å². The first-order chi connectivity index (χ1) is 13.4. The third kappa shape index (κ3) is 4.50. The Labute approximate surface area is 171 Å². The number of pyridine rings is 1. The van der Waals surface area contributed by atoms with Gasteiger partial charge in [-0.2, -0.15) is 5.10 Å². The molecular formula is C21H30ClN5O. The van der Waals surface area contributed by atoms with E-state index in [1.165, 1.54) is 0 Å². The molecule has 152 valence electrons. The molecule has 0 spiro atoms. The Balaban J connectivity index is 1.52. The van der Waals surface area contributed by atoms with Crippen molar-refractivity contribution in [3.05, 3.63) is 29.7 Å². The molecule has 0 bridgehead atoms. The first-order valence-electron chi connectivity index (χ1n) is 10.3. The first kappa shape index (κ1) is 19.7. The zero-order chi connectivity index (χ0) is 19.7. The summed E-state index contributed by atoms with van der Waals surface area (Å²) in [5.41, 5.74) is 2.34. The van der Waals surface area contributed by atoms with E-state index in [2.05, 4.69) is 39.2 Å². The lowest BCUT2D eigenvalue weighted by Gasteiger charge is -2.34. The molecule has 0 aromatic carbocycles. The fraction of sp³-hybridized carbons (Fsp3) is 0.619. The molecule has 2 aromatic rings. The molecule has 0 amide bonds. The van der Waals surface area contributed by atoms with Gasteiger partial charge in [0.15, 0.2) is 0 Å². The molecule has 1 aliphatic heterocycles. The minimum absolute atomic E-state index is 0.327. The molecule has 6 nitrogen and oxygen atoms in total. The van der Waals surface area contributed by atoms with Crippen molar-refractivity contribution >= 4 is 17.3 Å². The summed E-state index contributed by atoms with van der Waals surface area (Å²) in [4.78, 5) is 6.66. The Morgan fingerprint density at radius 2 is 1.93 bits per heavy atom. The highest BCUT2D eigenvalue weighted by atomic mass is 35.5. The van der Waals surface area contributed by atoms with Crippen molar-refractivity contribution < 1.29 is 5.11 Å². The molecule has 2 fully saturated rings. The van der Waals surface area contributed by atoms with Crippen LogP contribution in [-0.4, -0.2) is 56.6 Å². The predicted octanol–water partition coefficient (Wildman–Crippen LogP) is 3.97. The molecule has 1 saturated heterocycles. The quantitative estimate of drug-likeness (QED) is 0.756. The second kappa shape index (κ2) is 8.01. The lowest BCUT2D eigenvalue weighted by atomic mass is 9.83. The third-order valence-electron chi connectivity index (χ3n) is 6.24. The maximum Gasteiger partial charge on any atom is 0.131 e. The van der Waals surface area contributed by atoms with E-state index in [9.17, 15) is 5.11 Å². The molecule has 2 N–H and O–H groups in total. The number of aliphatic hydroxyl groups is 1. The van der Waals surface area contributed by atoms with Crippen LogP contribution >= 0.6 is 11.6 Å². The van der Waals surface area contributed by atoms with Crippen molar-refractivity contribution in [2.45, 2.75) is 63.1 Å². The van der Waals surface area contributed by atoms with Gasteiger partial charge in [-0.15, -0.1) is 0 Å². The van der Waals surface area contributed by atoms with Gasteiger partial charge in [0.05, 0.1) is 17.3 Å². The van der Waals surface area contributed by atoms with Crippen LogP contribution in [0, 0.1) is 0 Å². The number of nitrogens with zero attached hydrogens (tertiary/aromatic N) is 4. The normalized spacial score (nSPS) is 27.1. The van der Waals surface area contributed by atoms with Crippen LogP contribution in [0.15, 0.2) is 24.5 Å². The summed E-state index contributed by atoms with van der Waals surface area (Å²) in [6, 6.07) is 4.74. The van der Waals surface area contributed by atoms with E-state index < -0.39 is 5.60 Å². The number of aromatic nitrogens is 3. The monoisotopic (exact) mass is 403 g/mol. The zero-order valence-corrected chi connectivity index (χ0v) is 17.5. The Bertz CT molecular complexity index is 803. The number of rotatable bonds is 4. The molecule has 0 radical (unpaired) electrons. The summed E-state index contributed by atoms with van der Waals surface area (Å²) < 4.78 is 2.11. The highest BCUT2D eigenvalue weighted by Crippen LogP contribution is 2.34. The van der Waals surface area contributed by atoms with Gasteiger partial charge in [-0.1, -0.05) is 11.6 Å². The number of halogens is 1. The van der Waals surface area contributed by atoms with E-state index in [0.717, 1.165) is 68.6 Å². The SMILES string of the molecule is CN1CCC(n2ccc(-c3cnc(Cl)cc3NC3CCC(C)(O)CC3)n2)CC1. The van der Waals surface area contributed by atoms with Crippen molar-refractivity contribution in [2.75, 3.05) is 25.5 Å². The third-order valence-corrected chi connectivity index (χ3v) is 6.45. The summed E-state index contributed by atoms with van der Waals surface area (Å²) in [6.07, 6.45) is 9.65. The lowest BCUT2D eigenvalue weighted by molar-refractivity contribution is 0.0196. The van der Waals surface area contributed by atoms with Crippen molar-refractivity contribution in [1.29, 1.82) is 0 Å². The van der Waals surface area contributed by atoms with Gasteiger partial charge in [0, 0.05) is 29.7 Å². The molecule has 3 heterocycles. The number of anilines is 1. The fourth-order valence-corrected chi connectivity index (χ4v) is 4.46. The number of nitrogens with one attached hydrogen (secondary N) is 1. The summed E-state index contributed by atoms with van der Waals surface area (Å²) in [7, 11) is 2.17. The van der Waals surface area contributed by atoms with Crippen LogP contribution in [0.2, 0.25) is 5.15 Å². The van der Waals surface area contributed by atoms with Crippen LogP contribution in [0.1, 0.15) is 51.5 Å². The van der Waals surface area contributed by atoms with Gasteiger partial charge >= 0.3 is 0 Å². The van der Waals surface area contributed by atoms with Gasteiger partial charge in [-0.25, -0.2) is 4.98 Å². The van der Waals surface area contributed by atoms with Crippen LogP contribution in [0.4, 0.5) is 5.69 Å². The molecule has 1 saturated carbocycles. The van der Waals surface area contributed by atoms with Crippen LogP contribution in [-0.2, 0) is 0 Å². The number of hydrogen-bond donors (Lipinski definition) is 2. The number of hydrogen-bond acceptors (Lipinski definition) is 5. The molecule has 28 heavy (non-hydrogen) atoms. The Hall–Kier alpha value is -1.63. The van der Waals surface area contributed by atoms with Crippen LogP contribution in [0.3, 0.4) is 0 Å². The molecule has 4 rings (SSSR count). The number of piperidine rings is 1. The van der Waals surface area contributed by atoms with Crippen molar-refractivity contribution in [1.82, 2.24) is 19.7 Å². The molecule has 1 aliphatic carbocycles. The van der Waals surface area contributed by atoms with Gasteiger partial charge in [0.2, 0.25) is 0 Å². The highest BCUT2D eigenvalue weighted by molar-refractivity contribution is 6.29. The molecule has 0 unspecified atom stereocenters. The van der Waals surface area contributed by atoms with E-state index in [0.29, 0.717) is 17.2 Å². The predicted molar refractivity (Wildman–Crippen MR) is 113 cm³/mol. The van der Waals surface area contributed by atoms with Crippen LogP contribution in [0.25, 0.3) is 11.3 Å². The van der Waals surface area contributed by atoms with Crippen molar-refractivity contribution in [2.24, 2.45) is 0 Å². The van der Waals surface area contributed by atoms with Crippen LogP contribution in [0.5, 0.6) is 0 Å². The smallest absolute Gasteiger partial charge is 0.131 e. The largest absolute Gasteiger partial charge is 0.390 e. The molecular weight excluding hydrogens is 374 g/mol. The van der Waals surface area contributed by atoms with E-state index >= 15 is 0 Å². The minimum atomic E-state index is -0.538. The molecule has 2 aliphatic rings. The fourth-order valence-electron chi connectivity index (χ4n) is 4.30. The molecule has 2 aromatic heterocycles. The maximum atomic E-state index is 10.2. The molecule has 0 atom stereocenters. The van der Waals surface area contributed by atoms with Crippen molar-refractivity contribution in [3.8, 4) is 11.3 Å². The Kier molecular flexibility index (Phi) is 5.63. The summed E-state index contributed by atoms with van der Waals surface area (Å²) in [5, 5.41) is 19.2. The minimum Gasteiger partial charge on any atom is -0.390 e. The van der Waals surface area contributed by atoms with Gasteiger partial charge in [-0.05, 0) is 77.7 Å². The second-order valence-electron chi connectivity index (χ2n) is 8.68.